The molecule has 0 aliphatic carbocycles. The fourth-order valence-electron chi connectivity index (χ4n) is 3.48. The number of nitrogens with one attached hydrogen (secondary N) is 1. The van der Waals surface area contributed by atoms with E-state index in [1.54, 1.807) is 4.68 Å². The van der Waals surface area contributed by atoms with Crippen LogP contribution in [0.5, 0.6) is 11.5 Å². The lowest BCUT2D eigenvalue weighted by atomic mass is 10.0. The lowest BCUT2D eigenvalue weighted by Crippen LogP contribution is -2.45. The molecule has 7 heteroatoms. The molecule has 0 saturated carbocycles. The summed E-state index contributed by atoms with van der Waals surface area (Å²) in [6, 6.07) is 7.95. The van der Waals surface area contributed by atoms with Gasteiger partial charge in [0.25, 0.3) is 5.91 Å². The van der Waals surface area contributed by atoms with Crippen molar-refractivity contribution in [2.45, 2.75) is 25.8 Å². The molecule has 3 heterocycles. The number of ether oxygens (including phenoxy) is 2. The summed E-state index contributed by atoms with van der Waals surface area (Å²) in [7, 11) is 1.86. The van der Waals surface area contributed by atoms with Gasteiger partial charge in [-0.25, -0.2) is 0 Å². The van der Waals surface area contributed by atoms with E-state index in [9.17, 15) is 4.79 Å². The van der Waals surface area contributed by atoms with Gasteiger partial charge in [0, 0.05) is 43.6 Å². The summed E-state index contributed by atoms with van der Waals surface area (Å²) in [5.41, 5.74) is 2.49. The van der Waals surface area contributed by atoms with Crippen molar-refractivity contribution in [2.75, 3.05) is 31.6 Å². The Labute approximate surface area is 152 Å². The normalized spacial score (nSPS) is 19.3. The average molecular weight is 356 g/mol. The summed E-state index contributed by atoms with van der Waals surface area (Å²) in [4.78, 5) is 14.6. The second-order valence-electron chi connectivity index (χ2n) is 6.89. The Morgan fingerprint density at radius 3 is 2.81 bits per heavy atom. The number of hydrogen-bond acceptors (Lipinski definition) is 5. The van der Waals surface area contributed by atoms with E-state index < -0.39 is 0 Å². The summed E-state index contributed by atoms with van der Waals surface area (Å²) < 4.78 is 12.9. The van der Waals surface area contributed by atoms with E-state index in [0.717, 1.165) is 42.3 Å². The molecule has 0 radical (unpaired) electrons. The van der Waals surface area contributed by atoms with E-state index in [1.165, 1.54) is 0 Å². The molecule has 26 heavy (non-hydrogen) atoms. The second-order valence-corrected chi connectivity index (χ2v) is 6.89. The minimum absolute atomic E-state index is 0.00220. The largest absolute Gasteiger partial charge is 0.486 e. The van der Waals surface area contributed by atoms with E-state index in [0.29, 0.717) is 25.5 Å². The van der Waals surface area contributed by atoms with Gasteiger partial charge in [0.1, 0.15) is 13.2 Å². The lowest BCUT2D eigenvalue weighted by Gasteiger charge is -2.33. The Morgan fingerprint density at radius 2 is 2.04 bits per heavy atom. The number of carbonyl (C=O) groups excluding carboxylic acids is 1. The lowest BCUT2D eigenvalue weighted by molar-refractivity contribution is 0.0708. The van der Waals surface area contributed by atoms with Gasteiger partial charge in [-0.3, -0.25) is 9.48 Å². The van der Waals surface area contributed by atoms with Crippen LogP contribution in [0.2, 0.25) is 0 Å². The molecular formula is C19H24N4O3. The molecule has 1 amide bonds. The predicted octanol–water partition coefficient (Wildman–Crippen LogP) is 2.22. The number of nitrogens with zero attached hydrogens (tertiary/aromatic N) is 3. The summed E-state index contributed by atoms with van der Waals surface area (Å²) in [6.07, 6.45) is 2.00. The van der Waals surface area contributed by atoms with Crippen molar-refractivity contribution in [3.05, 3.63) is 35.7 Å². The standard InChI is InChI=1S/C19H24N4O3/c1-13-10-16(21-22(13)2)19(24)23-7-3-4-15(12-23)20-14-5-6-17-18(11-14)26-9-8-25-17/h5-6,10-11,15,20H,3-4,7-9,12H2,1-2H3/t15-/m1/s1. The Hall–Kier alpha value is -2.70. The molecule has 138 valence electrons. The topological polar surface area (TPSA) is 68.6 Å². The molecule has 2 aliphatic heterocycles. The number of aryl methyl sites for hydroxylation is 2. The van der Waals surface area contributed by atoms with E-state index in [4.69, 9.17) is 9.47 Å². The first kappa shape index (κ1) is 16.8. The molecule has 4 rings (SSSR count). The highest BCUT2D eigenvalue weighted by Gasteiger charge is 2.26. The third-order valence-electron chi connectivity index (χ3n) is 4.95. The zero-order chi connectivity index (χ0) is 18.1. The van der Waals surface area contributed by atoms with Gasteiger partial charge >= 0.3 is 0 Å². The molecular weight excluding hydrogens is 332 g/mol. The van der Waals surface area contributed by atoms with Gasteiger partial charge in [-0.1, -0.05) is 0 Å². The van der Waals surface area contributed by atoms with Gasteiger partial charge in [0.15, 0.2) is 17.2 Å². The van der Waals surface area contributed by atoms with Crippen molar-refractivity contribution in [3.8, 4) is 11.5 Å². The number of benzene rings is 1. The number of rotatable bonds is 3. The van der Waals surface area contributed by atoms with Crippen LogP contribution in [0.1, 0.15) is 29.0 Å². The number of carbonyl (C=O) groups is 1. The Bertz CT molecular complexity index is 798. The van der Waals surface area contributed by atoms with Gasteiger partial charge in [-0.15, -0.1) is 0 Å². The zero-order valence-corrected chi connectivity index (χ0v) is 15.2. The maximum Gasteiger partial charge on any atom is 0.274 e. The minimum Gasteiger partial charge on any atom is -0.486 e. The van der Waals surface area contributed by atoms with Crippen LogP contribution in [0.3, 0.4) is 0 Å². The van der Waals surface area contributed by atoms with Gasteiger partial charge in [0.2, 0.25) is 0 Å². The molecule has 2 aromatic rings. The zero-order valence-electron chi connectivity index (χ0n) is 15.2. The summed E-state index contributed by atoms with van der Waals surface area (Å²) in [5, 5.41) is 7.85. The molecule has 0 spiro atoms. The van der Waals surface area contributed by atoms with Gasteiger partial charge in [-0.05, 0) is 38.0 Å². The van der Waals surface area contributed by atoms with Crippen LogP contribution in [-0.4, -0.2) is 52.9 Å². The van der Waals surface area contributed by atoms with Crippen molar-refractivity contribution in [1.29, 1.82) is 0 Å². The fraction of sp³-hybridized carbons (Fsp3) is 0.474. The molecule has 2 aliphatic rings. The number of amides is 1. The average Bonchev–Trinajstić information content (AvgIpc) is 3.00. The maximum atomic E-state index is 12.7. The molecule has 1 aromatic carbocycles. The minimum atomic E-state index is 0.00220. The maximum absolute atomic E-state index is 12.7. The van der Waals surface area contributed by atoms with E-state index in [1.807, 2.05) is 43.1 Å². The molecule has 1 saturated heterocycles. The number of hydrogen-bond donors (Lipinski definition) is 1. The van der Waals surface area contributed by atoms with E-state index >= 15 is 0 Å². The van der Waals surface area contributed by atoms with Crippen molar-refractivity contribution < 1.29 is 14.3 Å². The number of aromatic nitrogens is 2. The van der Waals surface area contributed by atoms with Crippen molar-refractivity contribution >= 4 is 11.6 Å². The number of likely N-dealkylation sites (tertiary alicyclic amines) is 1. The number of anilines is 1. The highest BCUT2D eigenvalue weighted by molar-refractivity contribution is 5.92. The molecule has 1 fully saturated rings. The third kappa shape index (κ3) is 3.34. The van der Waals surface area contributed by atoms with E-state index in [2.05, 4.69) is 10.4 Å². The Morgan fingerprint density at radius 1 is 1.23 bits per heavy atom. The van der Waals surface area contributed by atoms with Crippen LogP contribution in [0.25, 0.3) is 0 Å². The molecule has 0 bridgehead atoms. The molecule has 1 aromatic heterocycles. The van der Waals surface area contributed by atoms with Crippen LogP contribution >= 0.6 is 0 Å². The Kier molecular flexibility index (Phi) is 4.44. The summed E-state index contributed by atoms with van der Waals surface area (Å²) in [5.74, 6) is 1.56. The smallest absolute Gasteiger partial charge is 0.274 e. The van der Waals surface area contributed by atoms with Crippen LogP contribution in [0.4, 0.5) is 5.69 Å². The van der Waals surface area contributed by atoms with E-state index in [-0.39, 0.29) is 11.9 Å². The SMILES string of the molecule is Cc1cc(C(=O)N2CCC[C@@H](Nc3ccc4c(c3)OCCO4)C2)nn1C. The van der Waals surface area contributed by atoms with Gasteiger partial charge in [0.05, 0.1) is 0 Å². The molecule has 7 nitrogen and oxygen atoms in total. The number of piperidine rings is 1. The molecule has 1 atom stereocenters. The Balaban J connectivity index is 1.43. The first-order chi connectivity index (χ1) is 12.6. The van der Waals surface area contributed by atoms with Gasteiger partial charge < -0.3 is 19.7 Å². The second kappa shape index (κ2) is 6.90. The monoisotopic (exact) mass is 356 g/mol. The fourth-order valence-corrected chi connectivity index (χ4v) is 3.48. The van der Waals surface area contributed by atoms with Gasteiger partial charge in [-0.2, -0.15) is 5.10 Å². The van der Waals surface area contributed by atoms with Crippen LogP contribution in [-0.2, 0) is 7.05 Å². The third-order valence-corrected chi connectivity index (χ3v) is 4.95. The van der Waals surface area contributed by atoms with Crippen molar-refractivity contribution in [1.82, 2.24) is 14.7 Å². The van der Waals surface area contributed by atoms with Crippen LogP contribution in [0.15, 0.2) is 24.3 Å². The molecule has 1 N–H and O–H groups in total. The van der Waals surface area contributed by atoms with Crippen molar-refractivity contribution in [3.63, 3.8) is 0 Å². The quantitative estimate of drug-likeness (QED) is 0.913. The highest BCUT2D eigenvalue weighted by Crippen LogP contribution is 2.33. The summed E-state index contributed by atoms with van der Waals surface area (Å²) >= 11 is 0. The molecule has 0 unspecified atom stereocenters. The van der Waals surface area contributed by atoms with Crippen LogP contribution in [0, 0.1) is 6.92 Å². The van der Waals surface area contributed by atoms with Crippen LogP contribution < -0.4 is 14.8 Å². The summed E-state index contributed by atoms with van der Waals surface area (Å²) in [6.45, 7) is 4.56. The number of fused-ring (bicyclic) bond motifs is 1. The first-order valence-electron chi connectivity index (χ1n) is 9.06. The first-order valence-corrected chi connectivity index (χ1v) is 9.06. The predicted molar refractivity (Wildman–Crippen MR) is 97.9 cm³/mol. The highest BCUT2D eigenvalue weighted by atomic mass is 16.6. The van der Waals surface area contributed by atoms with Crippen molar-refractivity contribution in [2.24, 2.45) is 7.05 Å².